The van der Waals surface area contributed by atoms with E-state index in [0.717, 1.165) is 9.86 Å². The van der Waals surface area contributed by atoms with Gasteiger partial charge >= 0.3 is 5.97 Å². The SMILES string of the molecule is CC(C)OC(=O)c1cc2c(Br)cccc2n1C#N. The third-order valence-electron chi connectivity index (χ3n) is 2.44. The lowest BCUT2D eigenvalue weighted by Gasteiger charge is -2.07. The standard InChI is InChI=1S/C13H11BrN2O2/c1-8(2)18-13(17)12-6-9-10(14)4-3-5-11(9)16(12)7-15/h3-6,8H,1-2H3. The zero-order chi connectivity index (χ0) is 13.3. The molecule has 1 heterocycles. The first kappa shape index (κ1) is 12.7. The number of rotatable bonds is 2. The number of esters is 1. The quantitative estimate of drug-likeness (QED) is 0.800. The smallest absolute Gasteiger partial charge is 0.356 e. The Morgan fingerprint density at radius 3 is 2.83 bits per heavy atom. The minimum Gasteiger partial charge on any atom is -0.458 e. The summed E-state index contributed by atoms with van der Waals surface area (Å²) in [6, 6.07) is 7.13. The molecule has 92 valence electrons. The fourth-order valence-corrected chi connectivity index (χ4v) is 2.20. The Balaban J connectivity index is 2.62. The van der Waals surface area contributed by atoms with E-state index in [4.69, 9.17) is 10.00 Å². The van der Waals surface area contributed by atoms with Crippen molar-refractivity contribution < 1.29 is 9.53 Å². The molecule has 0 aliphatic heterocycles. The number of nitrogens with zero attached hydrogens (tertiary/aromatic N) is 2. The minimum absolute atomic E-state index is 0.217. The molecule has 0 aliphatic rings. The first-order valence-electron chi connectivity index (χ1n) is 5.45. The molecule has 18 heavy (non-hydrogen) atoms. The second kappa shape index (κ2) is 4.83. The van der Waals surface area contributed by atoms with E-state index < -0.39 is 5.97 Å². The average Bonchev–Trinajstić information content (AvgIpc) is 2.68. The monoisotopic (exact) mass is 306 g/mol. The molecule has 0 N–H and O–H groups in total. The molecular weight excluding hydrogens is 296 g/mol. The van der Waals surface area contributed by atoms with Crippen LogP contribution in [0.4, 0.5) is 0 Å². The molecule has 0 radical (unpaired) electrons. The van der Waals surface area contributed by atoms with Crippen LogP contribution in [0.1, 0.15) is 24.3 Å². The highest BCUT2D eigenvalue weighted by Crippen LogP contribution is 2.27. The highest BCUT2D eigenvalue weighted by molar-refractivity contribution is 9.10. The normalized spacial score (nSPS) is 10.6. The van der Waals surface area contributed by atoms with Gasteiger partial charge in [0.25, 0.3) is 0 Å². The molecule has 0 unspecified atom stereocenters. The number of aromatic nitrogens is 1. The van der Waals surface area contributed by atoms with Crippen LogP contribution >= 0.6 is 15.9 Å². The summed E-state index contributed by atoms with van der Waals surface area (Å²) >= 11 is 3.40. The van der Waals surface area contributed by atoms with Gasteiger partial charge in [0.05, 0.1) is 11.6 Å². The van der Waals surface area contributed by atoms with Gasteiger partial charge in [0.2, 0.25) is 0 Å². The molecule has 1 aromatic heterocycles. The maximum Gasteiger partial charge on any atom is 0.356 e. The van der Waals surface area contributed by atoms with Crippen LogP contribution in [-0.4, -0.2) is 16.6 Å². The van der Waals surface area contributed by atoms with Crippen LogP contribution in [0.2, 0.25) is 0 Å². The molecule has 0 saturated heterocycles. The predicted molar refractivity (Wildman–Crippen MR) is 71.2 cm³/mol. The molecule has 5 heteroatoms. The van der Waals surface area contributed by atoms with Gasteiger partial charge in [-0.25, -0.2) is 9.36 Å². The zero-order valence-electron chi connectivity index (χ0n) is 9.98. The summed E-state index contributed by atoms with van der Waals surface area (Å²) in [5.74, 6) is -0.491. The van der Waals surface area contributed by atoms with Crippen molar-refractivity contribution in [3.8, 4) is 6.19 Å². The first-order chi connectivity index (χ1) is 8.54. The third-order valence-corrected chi connectivity index (χ3v) is 3.14. The van der Waals surface area contributed by atoms with Gasteiger partial charge in [-0.05, 0) is 32.0 Å². The van der Waals surface area contributed by atoms with Crippen LogP contribution in [0, 0.1) is 11.5 Å². The van der Waals surface area contributed by atoms with Crippen LogP contribution in [0.25, 0.3) is 10.9 Å². The second-order valence-corrected chi connectivity index (χ2v) is 4.95. The molecule has 0 bridgehead atoms. The highest BCUT2D eigenvalue weighted by Gasteiger charge is 2.18. The average molecular weight is 307 g/mol. The van der Waals surface area contributed by atoms with Gasteiger partial charge in [0, 0.05) is 9.86 Å². The van der Waals surface area contributed by atoms with Gasteiger partial charge in [-0.3, -0.25) is 0 Å². The summed E-state index contributed by atoms with van der Waals surface area (Å²) in [5.41, 5.74) is 0.927. The van der Waals surface area contributed by atoms with E-state index in [0.29, 0.717) is 5.52 Å². The number of hydrogen-bond donors (Lipinski definition) is 0. The van der Waals surface area contributed by atoms with Gasteiger partial charge in [0.15, 0.2) is 6.19 Å². The van der Waals surface area contributed by atoms with Crippen molar-refractivity contribution in [3.05, 3.63) is 34.4 Å². The van der Waals surface area contributed by atoms with Crippen LogP contribution in [0.3, 0.4) is 0 Å². The van der Waals surface area contributed by atoms with Crippen LogP contribution in [0.5, 0.6) is 0 Å². The summed E-state index contributed by atoms with van der Waals surface area (Å²) < 4.78 is 7.24. The number of nitriles is 1. The van der Waals surface area contributed by atoms with Crippen molar-refractivity contribution in [1.29, 1.82) is 5.26 Å². The maximum absolute atomic E-state index is 11.9. The number of benzene rings is 1. The van der Waals surface area contributed by atoms with Crippen molar-refractivity contribution in [1.82, 2.24) is 4.57 Å². The lowest BCUT2D eigenvalue weighted by molar-refractivity contribution is 0.0369. The third kappa shape index (κ3) is 2.12. The van der Waals surface area contributed by atoms with Gasteiger partial charge in [-0.15, -0.1) is 0 Å². The number of carbonyl (C=O) groups is 1. The summed E-state index contributed by atoms with van der Waals surface area (Å²) in [4.78, 5) is 11.9. The van der Waals surface area contributed by atoms with E-state index >= 15 is 0 Å². The Hall–Kier alpha value is -1.80. The van der Waals surface area contributed by atoms with E-state index in [-0.39, 0.29) is 11.8 Å². The molecule has 2 aromatic rings. The van der Waals surface area contributed by atoms with E-state index in [1.165, 1.54) is 4.57 Å². The largest absolute Gasteiger partial charge is 0.458 e. The fraction of sp³-hybridized carbons (Fsp3) is 0.231. The molecule has 4 nitrogen and oxygen atoms in total. The van der Waals surface area contributed by atoms with Crippen LogP contribution < -0.4 is 0 Å². The molecule has 0 spiro atoms. The molecule has 0 saturated carbocycles. The molecule has 0 atom stereocenters. The first-order valence-corrected chi connectivity index (χ1v) is 6.25. The number of halogens is 1. The molecule has 2 rings (SSSR count). The summed E-state index contributed by atoms with van der Waals surface area (Å²) in [5, 5.41) is 9.98. The Kier molecular flexibility index (Phi) is 3.39. The Bertz CT molecular complexity index is 653. The minimum atomic E-state index is -0.491. The number of carbonyl (C=O) groups excluding carboxylic acids is 1. The molecule has 0 fully saturated rings. The highest BCUT2D eigenvalue weighted by atomic mass is 79.9. The lowest BCUT2D eigenvalue weighted by Crippen LogP contribution is -2.14. The van der Waals surface area contributed by atoms with E-state index in [9.17, 15) is 4.79 Å². The van der Waals surface area contributed by atoms with E-state index in [1.807, 2.05) is 18.3 Å². The van der Waals surface area contributed by atoms with Crippen molar-refractivity contribution in [2.45, 2.75) is 20.0 Å². The lowest BCUT2D eigenvalue weighted by atomic mass is 10.2. The maximum atomic E-state index is 11.9. The van der Waals surface area contributed by atoms with Gasteiger partial charge in [-0.2, -0.15) is 5.26 Å². The van der Waals surface area contributed by atoms with E-state index in [2.05, 4.69) is 15.9 Å². The molecule has 0 aliphatic carbocycles. The number of ether oxygens (including phenoxy) is 1. The summed E-state index contributed by atoms with van der Waals surface area (Å²) in [7, 11) is 0. The zero-order valence-corrected chi connectivity index (χ0v) is 11.6. The van der Waals surface area contributed by atoms with Crippen molar-refractivity contribution in [3.63, 3.8) is 0 Å². The topological polar surface area (TPSA) is 55.0 Å². The van der Waals surface area contributed by atoms with Gasteiger partial charge in [-0.1, -0.05) is 22.0 Å². The number of hydrogen-bond acceptors (Lipinski definition) is 3. The van der Waals surface area contributed by atoms with Gasteiger partial charge in [0.1, 0.15) is 5.69 Å². The molecular formula is C13H11BrN2O2. The predicted octanol–water partition coefficient (Wildman–Crippen LogP) is 3.30. The van der Waals surface area contributed by atoms with Crippen molar-refractivity contribution >= 4 is 32.8 Å². The Labute approximate surface area is 113 Å². The van der Waals surface area contributed by atoms with Crippen LogP contribution in [-0.2, 0) is 4.74 Å². The van der Waals surface area contributed by atoms with Crippen molar-refractivity contribution in [2.75, 3.05) is 0 Å². The fourth-order valence-electron chi connectivity index (χ4n) is 1.73. The van der Waals surface area contributed by atoms with Gasteiger partial charge < -0.3 is 4.74 Å². The molecule has 1 aromatic carbocycles. The second-order valence-electron chi connectivity index (χ2n) is 4.09. The summed E-state index contributed by atoms with van der Waals surface area (Å²) in [6.07, 6.45) is 1.78. The molecule has 0 amide bonds. The number of fused-ring (bicyclic) bond motifs is 1. The summed E-state index contributed by atoms with van der Waals surface area (Å²) in [6.45, 7) is 3.54. The van der Waals surface area contributed by atoms with Crippen LogP contribution in [0.15, 0.2) is 28.7 Å². The Morgan fingerprint density at radius 1 is 1.50 bits per heavy atom. The van der Waals surface area contributed by atoms with Crippen molar-refractivity contribution in [2.24, 2.45) is 0 Å². The Morgan fingerprint density at radius 2 is 2.22 bits per heavy atom. The van der Waals surface area contributed by atoms with E-state index in [1.54, 1.807) is 26.0 Å².